The Morgan fingerprint density at radius 3 is 2.91 bits per heavy atom. The zero-order valence-electron chi connectivity index (χ0n) is 19.5. The molecule has 0 radical (unpaired) electrons. The average molecular weight is 534 g/mol. The smallest absolute Gasteiger partial charge is 0.303 e. The number of benzene rings is 1. The van der Waals surface area contributed by atoms with E-state index in [9.17, 15) is 14.7 Å². The Kier molecular flexibility index (Phi) is 8.99. The molecule has 7 nitrogen and oxygen atoms in total. The van der Waals surface area contributed by atoms with E-state index in [1.807, 2.05) is 11.4 Å². The number of thiazole rings is 1. The van der Waals surface area contributed by atoms with E-state index in [-0.39, 0.29) is 24.0 Å². The lowest BCUT2D eigenvalue weighted by Gasteiger charge is -2.38. The number of aliphatic carboxylic acids is 1. The molecule has 0 spiro atoms. The van der Waals surface area contributed by atoms with Crippen LogP contribution in [-0.4, -0.2) is 64.2 Å². The maximum atomic E-state index is 13.3. The molecule has 1 saturated heterocycles. The average Bonchev–Trinajstić information content (AvgIpc) is 3.36. The molecule has 1 aliphatic rings. The number of thioether (sulfide) groups is 1. The van der Waals surface area contributed by atoms with Crippen LogP contribution in [0.2, 0.25) is 5.02 Å². The summed E-state index contributed by atoms with van der Waals surface area (Å²) in [7, 11) is 1.58. The predicted octanol–water partition coefficient (Wildman–Crippen LogP) is 5.52. The number of fused-ring (bicyclic) bond motifs is 1. The van der Waals surface area contributed by atoms with Crippen LogP contribution in [0.1, 0.15) is 36.0 Å². The molecule has 1 fully saturated rings. The van der Waals surface area contributed by atoms with Crippen LogP contribution in [0.15, 0.2) is 40.3 Å². The fourth-order valence-electron chi connectivity index (χ4n) is 4.74. The second-order valence-electron chi connectivity index (χ2n) is 8.68. The molecule has 0 saturated carbocycles. The minimum Gasteiger partial charge on any atom is -0.497 e. The standard InChI is InChI=1S/C25H28ClN3O4S2/c1-33-18-3-4-21-19(13-18)24(20(26)14-28-21)22(30)5-2-16-6-8-29(15-17(16)12-23(31)32)9-11-35-25-27-7-10-34-25/h3-4,7,10,13-14,16-17H,2,5-6,8-9,11-12,15H2,1H3,(H,31,32). The van der Waals surface area contributed by atoms with Crippen LogP contribution in [0.4, 0.5) is 0 Å². The molecule has 0 amide bonds. The lowest BCUT2D eigenvalue weighted by atomic mass is 9.79. The van der Waals surface area contributed by atoms with E-state index in [1.54, 1.807) is 48.5 Å². The van der Waals surface area contributed by atoms with E-state index in [0.29, 0.717) is 40.1 Å². The number of pyridine rings is 1. The summed E-state index contributed by atoms with van der Waals surface area (Å²) >= 11 is 9.77. The van der Waals surface area contributed by atoms with Crippen molar-refractivity contribution in [2.75, 3.05) is 32.5 Å². The number of carboxylic acids is 1. The number of aromatic nitrogens is 2. The van der Waals surface area contributed by atoms with E-state index < -0.39 is 5.97 Å². The summed E-state index contributed by atoms with van der Waals surface area (Å²) in [6.07, 6.45) is 5.27. The Balaban J connectivity index is 1.39. The Bertz CT molecular complexity index is 1170. The van der Waals surface area contributed by atoms with Gasteiger partial charge in [0.1, 0.15) is 10.1 Å². The van der Waals surface area contributed by atoms with Crippen LogP contribution < -0.4 is 4.74 Å². The van der Waals surface area contributed by atoms with E-state index in [1.165, 1.54) is 6.20 Å². The number of ketones is 1. The molecule has 1 aliphatic heterocycles. The van der Waals surface area contributed by atoms with Gasteiger partial charge in [-0.15, -0.1) is 11.3 Å². The zero-order chi connectivity index (χ0) is 24.8. The van der Waals surface area contributed by atoms with Crippen molar-refractivity contribution in [2.24, 2.45) is 11.8 Å². The normalized spacial score (nSPS) is 18.6. The molecule has 1 aromatic carbocycles. The number of ether oxygens (including phenoxy) is 1. The number of carbonyl (C=O) groups excluding carboxylic acids is 1. The molecule has 2 aromatic heterocycles. The SMILES string of the molecule is COc1ccc2ncc(Cl)c(C(=O)CCC3CCN(CCSc4nccs4)CC3CC(=O)O)c2c1. The van der Waals surface area contributed by atoms with E-state index in [0.717, 1.165) is 36.1 Å². The monoisotopic (exact) mass is 533 g/mol. The molecule has 3 aromatic rings. The fraction of sp³-hybridized carbons (Fsp3) is 0.440. The molecule has 2 atom stereocenters. The van der Waals surface area contributed by atoms with Crippen LogP contribution >= 0.6 is 34.7 Å². The van der Waals surface area contributed by atoms with Gasteiger partial charge in [0.05, 0.1) is 17.6 Å². The first-order valence-corrected chi connectivity index (χ1v) is 13.8. The molecule has 10 heteroatoms. The number of piperidine rings is 1. The number of hydrogen-bond acceptors (Lipinski definition) is 8. The summed E-state index contributed by atoms with van der Waals surface area (Å²) < 4.78 is 6.37. The van der Waals surface area contributed by atoms with Crippen molar-refractivity contribution in [3.05, 3.63) is 46.6 Å². The van der Waals surface area contributed by atoms with E-state index >= 15 is 0 Å². The first-order chi connectivity index (χ1) is 16.9. The third-order valence-corrected chi connectivity index (χ3v) is 8.74. The van der Waals surface area contributed by atoms with Gasteiger partial charge in [-0.2, -0.15) is 0 Å². The van der Waals surface area contributed by atoms with Gasteiger partial charge in [-0.3, -0.25) is 14.6 Å². The first-order valence-electron chi connectivity index (χ1n) is 11.6. The highest BCUT2D eigenvalue weighted by molar-refractivity contribution is 8.01. The fourth-order valence-corrected chi connectivity index (χ4v) is 6.70. The van der Waals surface area contributed by atoms with Gasteiger partial charge in [0.25, 0.3) is 0 Å². The summed E-state index contributed by atoms with van der Waals surface area (Å²) in [5, 5.41) is 12.5. The molecular formula is C25H28ClN3O4S2. The number of carbonyl (C=O) groups is 2. The number of nitrogens with zero attached hydrogens (tertiary/aromatic N) is 3. The van der Waals surface area contributed by atoms with Gasteiger partial charge in [0, 0.05) is 60.4 Å². The van der Waals surface area contributed by atoms with Crippen molar-refractivity contribution < 1.29 is 19.4 Å². The van der Waals surface area contributed by atoms with Gasteiger partial charge >= 0.3 is 5.97 Å². The quantitative estimate of drug-likeness (QED) is 0.254. The molecule has 0 bridgehead atoms. The van der Waals surface area contributed by atoms with Crippen molar-refractivity contribution >= 4 is 57.4 Å². The van der Waals surface area contributed by atoms with Gasteiger partial charge in [0.15, 0.2) is 5.78 Å². The number of Topliss-reactive ketones (excluding diaryl/α,β-unsaturated/α-hetero) is 1. The van der Waals surface area contributed by atoms with Gasteiger partial charge in [0.2, 0.25) is 0 Å². The highest BCUT2D eigenvalue weighted by Crippen LogP contribution is 2.33. The number of hydrogen-bond donors (Lipinski definition) is 1. The van der Waals surface area contributed by atoms with Crippen molar-refractivity contribution in [1.82, 2.24) is 14.9 Å². The van der Waals surface area contributed by atoms with Crippen molar-refractivity contribution in [2.45, 2.75) is 30.0 Å². The van der Waals surface area contributed by atoms with E-state index in [4.69, 9.17) is 16.3 Å². The Labute approximate surface area is 217 Å². The number of methoxy groups -OCH3 is 1. The van der Waals surface area contributed by atoms with Crippen LogP contribution in [-0.2, 0) is 4.79 Å². The summed E-state index contributed by atoms with van der Waals surface area (Å²) in [5.74, 6) is 0.918. The lowest BCUT2D eigenvalue weighted by Crippen LogP contribution is -2.42. The van der Waals surface area contributed by atoms with Gasteiger partial charge < -0.3 is 14.7 Å². The first kappa shape index (κ1) is 25.9. The number of likely N-dealkylation sites (tertiary alicyclic amines) is 1. The molecule has 2 unspecified atom stereocenters. The lowest BCUT2D eigenvalue weighted by molar-refractivity contribution is -0.139. The summed E-state index contributed by atoms with van der Waals surface area (Å²) in [6, 6.07) is 5.40. The molecular weight excluding hydrogens is 506 g/mol. The highest BCUT2D eigenvalue weighted by atomic mass is 35.5. The van der Waals surface area contributed by atoms with Crippen LogP contribution in [0, 0.1) is 11.8 Å². The second kappa shape index (κ2) is 12.2. The van der Waals surface area contributed by atoms with E-state index in [2.05, 4.69) is 14.9 Å². The predicted molar refractivity (Wildman–Crippen MR) is 140 cm³/mol. The largest absolute Gasteiger partial charge is 0.497 e. The third-order valence-electron chi connectivity index (χ3n) is 6.50. The Hall–Kier alpha value is -2.20. The van der Waals surface area contributed by atoms with Crippen LogP contribution in [0.25, 0.3) is 10.9 Å². The minimum atomic E-state index is -0.791. The van der Waals surface area contributed by atoms with Crippen molar-refractivity contribution in [3.63, 3.8) is 0 Å². The Morgan fingerprint density at radius 1 is 1.31 bits per heavy atom. The zero-order valence-corrected chi connectivity index (χ0v) is 21.9. The Morgan fingerprint density at radius 2 is 2.17 bits per heavy atom. The summed E-state index contributed by atoms with van der Waals surface area (Å²) in [4.78, 5) is 35.8. The molecule has 1 N–H and O–H groups in total. The maximum absolute atomic E-state index is 13.3. The second-order valence-corrected chi connectivity index (χ2v) is 11.3. The maximum Gasteiger partial charge on any atom is 0.303 e. The molecule has 186 valence electrons. The minimum absolute atomic E-state index is 0.0173. The topological polar surface area (TPSA) is 92.6 Å². The summed E-state index contributed by atoms with van der Waals surface area (Å²) in [5.41, 5.74) is 1.15. The van der Waals surface area contributed by atoms with Gasteiger partial charge in [-0.25, -0.2) is 4.98 Å². The number of rotatable bonds is 11. The number of halogens is 1. The molecule has 3 heterocycles. The molecule has 35 heavy (non-hydrogen) atoms. The van der Waals surface area contributed by atoms with Crippen LogP contribution in [0.3, 0.4) is 0 Å². The van der Waals surface area contributed by atoms with Crippen molar-refractivity contribution in [1.29, 1.82) is 0 Å². The van der Waals surface area contributed by atoms with Crippen molar-refractivity contribution in [3.8, 4) is 5.75 Å². The van der Waals surface area contributed by atoms with Gasteiger partial charge in [-0.1, -0.05) is 23.4 Å². The van der Waals surface area contributed by atoms with Gasteiger partial charge in [-0.05, 0) is 49.4 Å². The summed E-state index contributed by atoms with van der Waals surface area (Å²) in [6.45, 7) is 2.54. The highest BCUT2D eigenvalue weighted by Gasteiger charge is 2.31. The van der Waals surface area contributed by atoms with Crippen LogP contribution in [0.5, 0.6) is 5.75 Å². The molecule has 0 aliphatic carbocycles. The third kappa shape index (κ3) is 6.73. The molecule has 4 rings (SSSR count). The number of carboxylic acid groups (broad SMARTS) is 1.